The molecule has 0 aromatic heterocycles. The highest BCUT2D eigenvalue weighted by Gasteiger charge is 1.89. The molecule has 0 atom stereocenters. The van der Waals surface area contributed by atoms with E-state index in [0.29, 0.717) is 11.3 Å². The lowest BCUT2D eigenvalue weighted by Gasteiger charge is -1.80. The molecule has 0 aromatic carbocycles. The van der Waals surface area contributed by atoms with Gasteiger partial charge in [-0.25, -0.2) is 4.79 Å². The molecule has 6 heavy (non-hydrogen) atoms. The van der Waals surface area contributed by atoms with Gasteiger partial charge in [0.1, 0.15) is 0 Å². The maximum atomic E-state index is 9.48. The fraction of sp³-hybridized carbons (Fsp3) is 0. The van der Waals surface area contributed by atoms with E-state index in [0.717, 1.165) is 0 Å². The first-order chi connectivity index (χ1) is 2.77. The van der Waals surface area contributed by atoms with E-state index < -0.39 is 5.43 Å². The molecule has 0 unspecified atom stereocenters. The first-order valence-corrected chi connectivity index (χ1v) is 2.86. The van der Waals surface area contributed by atoms with E-state index in [4.69, 9.17) is 10.7 Å². The molecule has 0 amide bonds. The molecule has 0 rings (SSSR count). The van der Waals surface area contributed by atoms with Crippen molar-refractivity contribution in [2.24, 2.45) is 0 Å². The molecule has 0 N–H and O–H groups in total. The fourth-order valence-corrected chi connectivity index (χ4v) is 0.437. The number of carbonyl (C=O) groups is 1. The van der Waals surface area contributed by atoms with Crippen molar-refractivity contribution < 1.29 is 8.98 Å². The third-order valence-electron chi connectivity index (χ3n) is 0.0970. The van der Waals surface area contributed by atoms with Crippen LogP contribution in [0, 0.1) is 0 Å². The average molecular weight is 147 g/mol. The summed E-state index contributed by atoms with van der Waals surface area (Å²) in [6, 6.07) is 0. The lowest BCUT2D eigenvalue weighted by atomic mass is 11.6. The molecule has 0 radical (unpaired) electrons. The summed E-state index contributed by atoms with van der Waals surface area (Å²) in [6.45, 7) is 0. The van der Waals surface area contributed by atoms with Crippen molar-refractivity contribution in [3.8, 4) is 0 Å². The molecule has 0 aliphatic rings. The van der Waals surface area contributed by atoms with E-state index in [2.05, 4.69) is 15.8 Å². The molecule has 0 bridgehead atoms. The summed E-state index contributed by atoms with van der Waals surface area (Å²) in [6.07, 6.45) is 0. The Labute approximate surface area is 48.5 Å². The number of hydrogen-bond donors (Lipinski definition) is 0. The Morgan fingerprint density at radius 1 is 1.83 bits per heavy atom. The molecule has 2 nitrogen and oxygen atoms in total. The number of carbonyl (C=O) groups excluding carboxylic acids is 1. The summed E-state index contributed by atoms with van der Waals surface area (Å²) in [5.41, 5.74) is -0.907. The van der Waals surface area contributed by atoms with Crippen molar-refractivity contribution in [2.75, 3.05) is 0 Å². The van der Waals surface area contributed by atoms with E-state index >= 15 is 0 Å². The monoisotopic (exact) mass is 146 g/mol. The quantitative estimate of drug-likeness (QED) is 0.419. The summed E-state index contributed by atoms with van der Waals surface area (Å²) < 4.78 is 3.85. The zero-order valence-corrected chi connectivity index (χ0v) is 4.81. The molecular formula is CCl2O2S. The average Bonchev–Trinajstić information content (AvgIpc) is 1.35. The normalized spacial score (nSPS) is 7.67. The molecule has 0 saturated heterocycles. The zero-order chi connectivity index (χ0) is 4.99. The molecule has 0 heterocycles. The number of rotatable bonds is 1. The van der Waals surface area contributed by atoms with E-state index in [-0.39, 0.29) is 0 Å². The van der Waals surface area contributed by atoms with Gasteiger partial charge in [-0.2, -0.15) is 0 Å². The van der Waals surface area contributed by atoms with Crippen LogP contribution in [-0.2, 0) is 4.18 Å². The smallest absolute Gasteiger partial charge is 0.362 e. The lowest BCUT2D eigenvalue weighted by molar-refractivity contribution is 0.233. The van der Waals surface area contributed by atoms with Gasteiger partial charge in [0, 0.05) is 22.3 Å². The molecule has 0 saturated carbocycles. The van der Waals surface area contributed by atoms with Gasteiger partial charge in [0.2, 0.25) is 0 Å². The van der Waals surface area contributed by atoms with Gasteiger partial charge in [-0.3, -0.25) is 0 Å². The SMILES string of the molecule is O=C(Cl)OSCl. The maximum absolute atomic E-state index is 9.48. The second-order valence-electron chi connectivity index (χ2n) is 0.384. The number of hydrogen-bond acceptors (Lipinski definition) is 3. The third kappa shape index (κ3) is 4.40. The maximum Gasteiger partial charge on any atom is 0.417 e. The van der Waals surface area contributed by atoms with Crippen molar-refractivity contribution in [2.45, 2.75) is 0 Å². The Bertz CT molecular complexity index is 55.5. The van der Waals surface area contributed by atoms with Crippen LogP contribution in [-0.4, -0.2) is 5.43 Å². The van der Waals surface area contributed by atoms with Gasteiger partial charge in [-0.1, -0.05) is 0 Å². The van der Waals surface area contributed by atoms with Crippen LogP contribution in [0.2, 0.25) is 0 Å². The van der Waals surface area contributed by atoms with Crippen LogP contribution in [0.5, 0.6) is 0 Å². The van der Waals surface area contributed by atoms with Gasteiger partial charge in [0.15, 0.2) is 11.3 Å². The van der Waals surface area contributed by atoms with Gasteiger partial charge in [-0.15, -0.1) is 0 Å². The third-order valence-corrected chi connectivity index (χ3v) is 0.669. The first kappa shape index (κ1) is 6.40. The predicted molar refractivity (Wildman–Crippen MR) is 25.8 cm³/mol. The summed E-state index contributed by atoms with van der Waals surface area (Å²) >= 11 is 5.01. The van der Waals surface area contributed by atoms with E-state index in [9.17, 15) is 4.79 Å². The van der Waals surface area contributed by atoms with Crippen LogP contribution < -0.4 is 0 Å². The Hall–Kier alpha value is 0.400. The highest BCUT2D eigenvalue weighted by molar-refractivity contribution is 8.17. The van der Waals surface area contributed by atoms with Gasteiger partial charge in [0.05, 0.1) is 0 Å². The summed E-state index contributed by atoms with van der Waals surface area (Å²) in [4.78, 5) is 9.48. The predicted octanol–water partition coefficient (Wildman–Crippen LogP) is 2.16. The summed E-state index contributed by atoms with van der Waals surface area (Å²) in [5, 5.41) is 0. The van der Waals surface area contributed by atoms with Crippen LogP contribution in [0.3, 0.4) is 0 Å². The van der Waals surface area contributed by atoms with Crippen molar-refractivity contribution in [3.05, 3.63) is 0 Å². The summed E-state index contributed by atoms with van der Waals surface area (Å²) in [5.74, 6) is 0. The van der Waals surface area contributed by atoms with Gasteiger partial charge in [-0.05, 0) is 0 Å². The standard InChI is InChI=1S/CCl2O2S/c2-1(4)5-6-3. The van der Waals surface area contributed by atoms with Crippen LogP contribution in [0.1, 0.15) is 0 Å². The minimum absolute atomic E-state index is 0.400. The van der Waals surface area contributed by atoms with Crippen molar-refractivity contribution >= 4 is 39.0 Å². The Balaban J connectivity index is 2.83. The van der Waals surface area contributed by atoms with Crippen molar-refractivity contribution in [1.29, 1.82) is 0 Å². The molecule has 0 aromatic rings. The van der Waals surface area contributed by atoms with E-state index in [1.165, 1.54) is 0 Å². The van der Waals surface area contributed by atoms with Crippen LogP contribution in [0.15, 0.2) is 0 Å². The van der Waals surface area contributed by atoms with E-state index in [1.54, 1.807) is 0 Å². The van der Waals surface area contributed by atoms with Crippen molar-refractivity contribution in [1.82, 2.24) is 0 Å². The Kier molecular flexibility index (Phi) is 3.82. The molecule has 5 heteroatoms. The highest BCUT2D eigenvalue weighted by Crippen LogP contribution is 2.08. The minimum Gasteiger partial charge on any atom is -0.362 e. The molecule has 36 valence electrons. The zero-order valence-electron chi connectivity index (χ0n) is 2.48. The van der Waals surface area contributed by atoms with Gasteiger partial charge >= 0.3 is 5.43 Å². The molecule has 0 aliphatic carbocycles. The number of halogens is 2. The van der Waals surface area contributed by atoms with Gasteiger partial charge < -0.3 is 4.18 Å². The molecule has 0 aliphatic heterocycles. The van der Waals surface area contributed by atoms with Crippen LogP contribution in [0.25, 0.3) is 0 Å². The topological polar surface area (TPSA) is 26.3 Å². The second kappa shape index (κ2) is 3.59. The first-order valence-electron chi connectivity index (χ1n) is 0.918. The van der Waals surface area contributed by atoms with Crippen molar-refractivity contribution in [3.63, 3.8) is 0 Å². The second-order valence-corrected chi connectivity index (χ2v) is 1.36. The molecular weight excluding hydrogens is 147 g/mol. The summed E-state index contributed by atoms with van der Waals surface area (Å²) in [7, 11) is 4.79. The molecule has 0 spiro atoms. The lowest BCUT2D eigenvalue weighted by Crippen LogP contribution is -1.75. The fourth-order valence-electron chi connectivity index (χ4n) is 0.0248. The molecule has 0 fully saturated rings. The Morgan fingerprint density at radius 2 is 2.33 bits per heavy atom. The van der Waals surface area contributed by atoms with E-state index in [1.807, 2.05) is 0 Å². The van der Waals surface area contributed by atoms with Crippen LogP contribution >= 0.6 is 33.5 Å². The minimum atomic E-state index is -0.907. The Morgan fingerprint density at radius 3 is 2.33 bits per heavy atom. The largest absolute Gasteiger partial charge is 0.417 e. The van der Waals surface area contributed by atoms with Crippen LogP contribution in [0.4, 0.5) is 4.79 Å². The highest BCUT2D eigenvalue weighted by atomic mass is 35.7. The van der Waals surface area contributed by atoms with Gasteiger partial charge in [0.25, 0.3) is 0 Å².